The van der Waals surface area contributed by atoms with Crippen LogP contribution in [0.1, 0.15) is 41.4 Å². The molecule has 6 heteroatoms. The van der Waals surface area contributed by atoms with E-state index in [9.17, 15) is 19.2 Å². The largest absolute Gasteiger partial charge is 0.288 e. The maximum absolute atomic E-state index is 12.2. The van der Waals surface area contributed by atoms with Crippen molar-refractivity contribution in [1.29, 1.82) is 0 Å². The number of carbonyl (C=O) groups is 4. The summed E-state index contributed by atoms with van der Waals surface area (Å²) >= 11 is 0. The molecule has 0 atom stereocenters. The first kappa shape index (κ1) is 11.8. The van der Waals surface area contributed by atoms with E-state index in [1.807, 2.05) is 0 Å². The predicted molar refractivity (Wildman–Crippen MR) is 72.2 cm³/mol. The van der Waals surface area contributed by atoms with Crippen molar-refractivity contribution >= 4 is 34.4 Å². The number of rotatable bonds is 0. The van der Waals surface area contributed by atoms with E-state index in [1.165, 1.54) is 31.3 Å². The van der Waals surface area contributed by atoms with Gasteiger partial charge in [-0.2, -0.15) is 0 Å². The Balaban J connectivity index is 2.26. The van der Waals surface area contributed by atoms with Crippen LogP contribution < -0.4 is 5.32 Å². The molecule has 102 valence electrons. The Hall–Kier alpha value is -3.02. The lowest BCUT2D eigenvalue weighted by Crippen LogP contribution is -2.39. The fraction of sp³-hybridized carbons (Fsp3) is 0.0667. The monoisotopic (exact) mass is 280 g/mol. The minimum Gasteiger partial charge on any atom is -0.288 e. The van der Waals surface area contributed by atoms with Crippen LogP contribution in [0.15, 0.2) is 24.3 Å². The van der Waals surface area contributed by atoms with E-state index in [1.54, 1.807) is 0 Å². The van der Waals surface area contributed by atoms with Crippen molar-refractivity contribution in [2.24, 2.45) is 0 Å². The molecule has 0 bridgehead atoms. The first-order chi connectivity index (χ1) is 10.0. The normalized spacial score (nSPS) is 16.5. The maximum Gasteiger partial charge on any atom is 0.261 e. The highest BCUT2D eigenvalue weighted by Crippen LogP contribution is 2.35. The Morgan fingerprint density at radius 1 is 0.714 bits per heavy atom. The maximum atomic E-state index is 12.2. The molecule has 2 aromatic rings. The van der Waals surface area contributed by atoms with Gasteiger partial charge in [-0.15, -0.1) is 0 Å². The average molecular weight is 280 g/mol. The van der Waals surface area contributed by atoms with Gasteiger partial charge in [0.05, 0.1) is 0 Å². The second kappa shape index (κ2) is 3.54. The SMILES string of the molecule is CN1C(=O)c2ccc3c4c(ccc(c24)C1=O)C(=O)NC3=O. The number of hydrogen-bond acceptors (Lipinski definition) is 4. The number of carbonyl (C=O) groups excluding carboxylic acids is 4. The molecule has 0 saturated heterocycles. The number of amides is 4. The molecule has 6 nitrogen and oxygen atoms in total. The van der Waals surface area contributed by atoms with Crippen LogP contribution in [0.3, 0.4) is 0 Å². The summed E-state index contributed by atoms with van der Waals surface area (Å²) < 4.78 is 0. The van der Waals surface area contributed by atoms with Crippen molar-refractivity contribution in [2.75, 3.05) is 7.05 Å². The molecule has 0 aromatic heterocycles. The van der Waals surface area contributed by atoms with Crippen LogP contribution in [0.5, 0.6) is 0 Å². The van der Waals surface area contributed by atoms with Crippen LogP contribution in [0.2, 0.25) is 0 Å². The molecule has 0 fully saturated rings. The molecule has 2 aromatic carbocycles. The van der Waals surface area contributed by atoms with Crippen molar-refractivity contribution < 1.29 is 19.2 Å². The van der Waals surface area contributed by atoms with Gasteiger partial charge >= 0.3 is 0 Å². The van der Waals surface area contributed by atoms with Crippen molar-refractivity contribution in [3.8, 4) is 0 Å². The van der Waals surface area contributed by atoms with Gasteiger partial charge in [-0.25, -0.2) is 0 Å². The van der Waals surface area contributed by atoms with Crippen LogP contribution >= 0.6 is 0 Å². The van der Waals surface area contributed by atoms with Gasteiger partial charge in [0.2, 0.25) is 0 Å². The average Bonchev–Trinajstić information content (AvgIpc) is 2.48. The summed E-state index contributed by atoms with van der Waals surface area (Å²) in [6.45, 7) is 0. The molecule has 4 amide bonds. The van der Waals surface area contributed by atoms with Gasteiger partial charge < -0.3 is 0 Å². The third-order valence-electron chi connectivity index (χ3n) is 3.95. The van der Waals surface area contributed by atoms with Gasteiger partial charge in [0.25, 0.3) is 23.6 Å². The van der Waals surface area contributed by atoms with Crippen LogP contribution in [0.25, 0.3) is 10.8 Å². The summed E-state index contributed by atoms with van der Waals surface area (Å²) in [6, 6.07) is 6.06. The van der Waals surface area contributed by atoms with Crippen LogP contribution in [0, 0.1) is 0 Å². The lowest BCUT2D eigenvalue weighted by Gasteiger charge is -2.26. The van der Waals surface area contributed by atoms with Crippen molar-refractivity contribution in [2.45, 2.75) is 0 Å². The number of imide groups is 2. The van der Waals surface area contributed by atoms with E-state index >= 15 is 0 Å². The molecule has 0 saturated carbocycles. The van der Waals surface area contributed by atoms with E-state index in [-0.39, 0.29) is 0 Å². The highest BCUT2D eigenvalue weighted by molar-refractivity contribution is 6.33. The van der Waals surface area contributed by atoms with Gasteiger partial charge in [-0.1, -0.05) is 0 Å². The molecule has 0 radical (unpaired) electrons. The standard InChI is InChI=1S/C15H8N2O4/c1-17-14(20)8-4-2-6-10-7(13(19)16-12(6)18)3-5-9(11(8)10)15(17)21/h2-5H,1H3,(H,16,18,19). The summed E-state index contributed by atoms with van der Waals surface area (Å²) in [4.78, 5) is 49.3. The molecule has 2 heterocycles. The molecule has 4 rings (SSSR count). The summed E-state index contributed by atoms with van der Waals surface area (Å²) in [5, 5.41) is 3.02. The molecule has 0 unspecified atom stereocenters. The first-order valence-electron chi connectivity index (χ1n) is 6.28. The number of benzene rings is 2. The summed E-state index contributed by atoms with van der Waals surface area (Å²) in [5.74, 6) is -1.91. The molecule has 2 aliphatic rings. The van der Waals surface area contributed by atoms with E-state index < -0.39 is 23.6 Å². The third kappa shape index (κ3) is 1.26. The Morgan fingerprint density at radius 3 is 1.57 bits per heavy atom. The second-order valence-electron chi connectivity index (χ2n) is 5.02. The lowest BCUT2D eigenvalue weighted by atomic mass is 9.87. The van der Waals surface area contributed by atoms with E-state index in [4.69, 9.17) is 0 Å². The summed E-state index contributed by atoms with van der Waals surface area (Å²) in [5.41, 5.74) is 1.26. The fourth-order valence-electron chi connectivity index (χ4n) is 2.92. The van der Waals surface area contributed by atoms with Crippen LogP contribution in [-0.4, -0.2) is 35.6 Å². The van der Waals surface area contributed by atoms with Gasteiger partial charge in [0, 0.05) is 40.1 Å². The Morgan fingerprint density at radius 2 is 1.10 bits per heavy atom. The second-order valence-corrected chi connectivity index (χ2v) is 5.02. The van der Waals surface area contributed by atoms with Crippen LogP contribution in [0.4, 0.5) is 0 Å². The zero-order valence-electron chi connectivity index (χ0n) is 10.9. The Bertz CT molecular complexity index is 845. The van der Waals surface area contributed by atoms with Crippen molar-refractivity contribution in [1.82, 2.24) is 10.2 Å². The fourth-order valence-corrected chi connectivity index (χ4v) is 2.92. The Kier molecular flexibility index (Phi) is 1.99. The zero-order chi connectivity index (χ0) is 14.9. The van der Waals surface area contributed by atoms with Crippen LogP contribution in [-0.2, 0) is 0 Å². The third-order valence-corrected chi connectivity index (χ3v) is 3.95. The minimum absolute atomic E-state index is 0.301. The highest BCUT2D eigenvalue weighted by atomic mass is 16.2. The minimum atomic E-state index is -0.518. The summed E-state index contributed by atoms with van der Waals surface area (Å²) in [7, 11) is 1.41. The number of hydrogen-bond donors (Lipinski definition) is 1. The van der Waals surface area contributed by atoms with Crippen molar-refractivity contribution in [3.63, 3.8) is 0 Å². The van der Waals surface area contributed by atoms with Gasteiger partial charge in [0.15, 0.2) is 0 Å². The molecular weight excluding hydrogens is 272 g/mol. The molecular formula is C15H8N2O4. The van der Waals surface area contributed by atoms with E-state index in [0.29, 0.717) is 33.0 Å². The van der Waals surface area contributed by atoms with E-state index in [2.05, 4.69) is 5.32 Å². The molecule has 21 heavy (non-hydrogen) atoms. The van der Waals surface area contributed by atoms with Gasteiger partial charge in [0.1, 0.15) is 0 Å². The zero-order valence-corrected chi connectivity index (χ0v) is 10.9. The quantitative estimate of drug-likeness (QED) is 0.728. The smallest absolute Gasteiger partial charge is 0.261 e. The van der Waals surface area contributed by atoms with Crippen molar-refractivity contribution in [3.05, 3.63) is 46.5 Å². The molecule has 2 aliphatic heterocycles. The molecule has 0 aliphatic carbocycles. The van der Waals surface area contributed by atoms with E-state index in [0.717, 1.165) is 4.90 Å². The number of nitrogens with one attached hydrogen (secondary N) is 1. The topological polar surface area (TPSA) is 83.6 Å². The van der Waals surface area contributed by atoms with Gasteiger partial charge in [-0.3, -0.25) is 29.4 Å². The summed E-state index contributed by atoms with van der Waals surface area (Å²) in [6.07, 6.45) is 0. The lowest BCUT2D eigenvalue weighted by molar-refractivity contribution is 0.0648. The molecule has 1 N–H and O–H groups in total. The predicted octanol–water partition coefficient (Wildman–Crippen LogP) is 0.949. The number of nitrogens with zero attached hydrogens (tertiary/aromatic N) is 1. The first-order valence-corrected chi connectivity index (χ1v) is 6.28. The molecule has 0 spiro atoms. The van der Waals surface area contributed by atoms with Gasteiger partial charge in [-0.05, 0) is 24.3 Å². The highest BCUT2D eigenvalue weighted by Gasteiger charge is 2.35. The Labute approximate surface area is 118 Å².